The molecule has 9 heteroatoms. The molecular formula is C25H21ClN4O3S. The van der Waals surface area contributed by atoms with Crippen LogP contribution in [0.3, 0.4) is 0 Å². The molecule has 0 aliphatic carbocycles. The topological polar surface area (TPSA) is 93.2 Å². The van der Waals surface area contributed by atoms with Gasteiger partial charge in [0.05, 0.1) is 6.04 Å². The summed E-state index contributed by atoms with van der Waals surface area (Å²) in [5, 5.41) is 15.1. The Balaban J connectivity index is 1.35. The molecule has 0 fully saturated rings. The lowest BCUT2D eigenvalue weighted by Crippen LogP contribution is -2.26. The van der Waals surface area contributed by atoms with Crippen LogP contribution >= 0.6 is 22.9 Å². The summed E-state index contributed by atoms with van der Waals surface area (Å²) >= 11 is 7.00. The van der Waals surface area contributed by atoms with Crippen molar-refractivity contribution in [3.63, 3.8) is 0 Å². The van der Waals surface area contributed by atoms with Gasteiger partial charge in [-0.1, -0.05) is 59.3 Å². The van der Waals surface area contributed by atoms with E-state index in [1.54, 1.807) is 48.5 Å². The molecule has 0 spiro atoms. The summed E-state index contributed by atoms with van der Waals surface area (Å²) in [6.07, 6.45) is 0. The molecule has 3 aromatic carbocycles. The number of rotatable bonds is 8. The highest BCUT2D eigenvalue weighted by Crippen LogP contribution is 2.20. The van der Waals surface area contributed by atoms with Gasteiger partial charge in [0.2, 0.25) is 5.01 Å². The highest BCUT2D eigenvalue weighted by molar-refractivity contribution is 7.13. The number of hydrogen-bond donors (Lipinski definition) is 2. The lowest BCUT2D eigenvalue weighted by molar-refractivity contribution is 0.0938. The van der Waals surface area contributed by atoms with E-state index in [1.165, 1.54) is 0 Å². The van der Waals surface area contributed by atoms with E-state index in [0.29, 0.717) is 27.0 Å². The third-order valence-electron chi connectivity index (χ3n) is 4.87. The van der Waals surface area contributed by atoms with E-state index >= 15 is 0 Å². The van der Waals surface area contributed by atoms with Gasteiger partial charge in [0.25, 0.3) is 11.8 Å². The van der Waals surface area contributed by atoms with Crippen LogP contribution in [0.15, 0.2) is 78.9 Å². The molecule has 34 heavy (non-hydrogen) atoms. The number of halogens is 1. The molecular weight excluding hydrogens is 472 g/mol. The Hall–Kier alpha value is -3.75. The van der Waals surface area contributed by atoms with Crippen molar-refractivity contribution < 1.29 is 14.3 Å². The third kappa shape index (κ3) is 6.18. The van der Waals surface area contributed by atoms with Crippen molar-refractivity contribution in [3.05, 3.63) is 105 Å². The summed E-state index contributed by atoms with van der Waals surface area (Å²) in [4.78, 5) is 25.3. The van der Waals surface area contributed by atoms with Crippen molar-refractivity contribution in [2.45, 2.75) is 19.6 Å². The number of benzene rings is 3. The molecule has 2 amide bonds. The van der Waals surface area contributed by atoms with Crippen LogP contribution in [-0.4, -0.2) is 22.0 Å². The second-order valence-electron chi connectivity index (χ2n) is 7.38. The number of aromatic nitrogens is 2. The van der Waals surface area contributed by atoms with Gasteiger partial charge in [0.15, 0.2) is 5.01 Å². The summed E-state index contributed by atoms with van der Waals surface area (Å²) in [5.74, 6) is -0.00210. The van der Waals surface area contributed by atoms with Crippen LogP contribution < -0.4 is 15.4 Å². The molecule has 172 valence electrons. The van der Waals surface area contributed by atoms with Crippen LogP contribution in [-0.2, 0) is 6.61 Å². The third-order valence-corrected chi connectivity index (χ3v) is 6.01. The van der Waals surface area contributed by atoms with Gasteiger partial charge in [-0.3, -0.25) is 9.59 Å². The van der Waals surface area contributed by atoms with Crippen LogP contribution in [0, 0.1) is 0 Å². The minimum Gasteiger partial charge on any atom is -0.486 e. The van der Waals surface area contributed by atoms with Crippen molar-refractivity contribution in [2.24, 2.45) is 0 Å². The Kier molecular flexibility index (Phi) is 7.51. The Morgan fingerprint density at radius 3 is 2.50 bits per heavy atom. The molecule has 0 saturated heterocycles. The first-order valence-corrected chi connectivity index (χ1v) is 11.7. The lowest BCUT2D eigenvalue weighted by atomic mass is 10.1. The van der Waals surface area contributed by atoms with Gasteiger partial charge in [0.1, 0.15) is 12.4 Å². The molecule has 1 heterocycles. The molecule has 1 atom stereocenters. The maximum absolute atomic E-state index is 12.7. The molecule has 7 nitrogen and oxygen atoms in total. The smallest absolute Gasteiger partial charge is 0.286 e. The minimum atomic E-state index is -0.412. The van der Waals surface area contributed by atoms with Gasteiger partial charge < -0.3 is 15.4 Å². The van der Waals surface area contributed by atoms with E-state index in [2.05, 4.69) is 20.8 Å². The molecule has 0 bridgehead atoms. The summed E-state index contributed by atoms with van der Waals surface area (Å²) in [7, 11) is 0. The molecule has 0 radical (unpaired) electrons. The SMILES string of the molecule is C[C@@H](NC(=O)c1cccc(NC(=O)c2nnc(COc3ccc(Cl)cc3)s2)c1)c1ccccc1. The molecule has 1 aromatic heterocycles. The zero-order chi connectivity index (χ0) is 23.9. The van der Waals surface area contributed by atoms with Gasteiger partial charge in [-0.25, -0.2) is 0 Å². The predicted molar refractivity (Wildman–Crippen MR) is 132 cm³/mol. The number of nitrogens with zero attached hydrogens (tertiary/aromatic N) is 2. The second-order valence-corrected chi connectivity index (χ2v) is 8.88. The largest absolute Gasteiger partial charge is 0.486 e. The van der Waals surface area contributed by atoms with Crippen LogP contribution in [0.2, 0.25) is 5.02 Å². The van der Waals surface area contributed by atoms with Gasteiger partial charge >= 0.3 is 0 Å². The van der Waals surface area contributed by atoms with E-state index in [0.717, 1.165) is 16.9 Å². The monoisotopic (exact) mass is 492 g/mol. The fourth-order valence-corrected chi connectivity index (χ4v) is 3.88. The average molecular weight is 493 g/mol. The maximum Gasteiger partial charge on any atom is 0.286 e. The Morgan fingerprint density at radius 2 is 1.74 bits per heavy atom. The number of nitrogens with one attached hydrogen (secondary N) is 2. The Morgan fingerprint density at radius 1 is 0.971 bits per heavy atom. The maximum atomic E-state index is 12.7. The van der Waals surface area contributed by atoms with Crippen molar-refractivity contribution in [2.75, 3.05) is 5.32 Å². The number of anilines is 1. The van der Waals surface area contributed by atoms with E-state index in [4.69, 9.17) is 16.3 Å². The van der Waals surface area contributed by atoms with Crippen molar-refractivity contribution in [3.8, 4) is 5.75 Å². The zero-order valence-electron chi connectivity index (χ0n) is 18.2. The first kappa shape index (κ1) is 23.4. The summed E-state index contributed by atoms with van der Waals surface area (Å²) in [5.41, 5.74) is 1.93. The van der Waals surface area contributed by atoms with Gasteiger partial charge in [-0.15, -0.1) is 10.2 Å². The van der Waals surface area contributed by atoms with Crippen LogP contribution in [0.4, 0.5) is 5.69 Å². The molecule has 0 saturated carbocycles. The van der Waals surface area contributed by atoms with E-state index in [1.807, 2.05) is 37.3 Å². The fourth-order valence-electron chi connectivity index (χ4n) is 3.11. The van der Waals surface area contributed by atoms with E-state index < -0.39 is 5.91 Å². The highest BCUT2D eigenvalue weighted by atomic mass is 35.5. The number of amides is 2. The van der Waals surface area contributed by atoms with Crippen LogP contribution in [0.5, 0.6) is 5.75 Å². The first-order chi connectivity index (χ1) is 16.5. The number of carbonyl (C=O) groups excluding carboxylic acids is 2. The fraction of sp³-hybridized carbons (Fsp3) is 0.120. The molecule has 0 aliphatic rings. The van der Waals surface area contributed by atoms with Gasteiger partial charge in [0, 0.05) is 16.3 Å². The molecule has 0 unspecified atom stereocenters. The van der Waals surface area contributed by atoms with Crippen LogP contribution in [0.1, 0.15) is 43.7 Å². The first-order valence-electron chi connectivity index (χ1n) is 10.5. The molecule has 2 N–H and O–H groups in total. The number of hydrogen-bond acceptors (Lipinski definition) is 6. The molecule has 4 aromatic rings. The van der Waals surface area contributed by atoms with E-state index in [-0.39, 0.29) is 23.6 Å². The standard InChI is InChI=1S/C25H21ClN4O3S/c1-16(17-6-3-2-4-7-17)27-23(31)18-8-5-9-20(14-18)28-24(32)25-30-29-22(34-25)15-33-21-12-10-19(26)11-13-21/h2-14,16H,15H2,1H3,(H,27,31)(H,28,32)/t16-/m1/s1. The normalized spacial score (nSPS) is 11.5. The number of ether oxygens (including phenoxy) is 1. The Labute approximate surface area is 205 Å². The average Bonchev–Trinajstić information content (AvgIpc) is 3.34. The van der Waals surface area contributed by atoms with Gasteiger partial charge in [-0.2, -0.15) is 0 Å². The van der Waals surface area contributed by atoms with Crippen molar-refractivity contribution in [1.82, 2.24) is 15.5 Å². The Bertz CT molecular complexity index is 1280. The molecule has 0 aliphatic heterocycles. The van der Waals surface area contributed by atoms with Crippen molar-refractivity contribution >= 4 is 40.4 Å². The van der Waals surface area contributed by atoms with E-state index in [9.17, 15) is 9.59 Å². The predicted octanol–water partition coefficient (Wildman–Crippen LogP) is 5.51. The second kappa shape index (κ2) is 10.9. The summed E-state index contributed by atoms with van der Waals surface area (Å²) in [6.45, 7) is 2.10. The quantitative estimate of drug-likeness (QED) is 0.338. The number of carbonyl (C=O) groups is 2. The van der Waals surface area contributed by atoms with Gasteiger partial charge in [-0.05, 0) is 55.0 Å². The lowest BCUT2D eigenvalue weighted by Gasteiger charge is -2.14. The van der Waals surface area contributed by atoms with Crippen LogP contribution in [0.25, 0.3) is 0 Å². The zero-order valence-corrected chi connectivity index (χ0v) is 19.8. The molecule has 4 rings (SSSR count). The van der Waals surface area contributed by atoms with Crippen molar-refractivity contribution in [1.29, 1.82) is 0 Å². The highest BCUT2D eigenvalue weighted by Gasteiger charge is 2.16. The summed E-state index contributed by atoms with van der Waals surface area (Å²) < 4.78 is 5.64. The summed E-state index contributed by atoms with van der Waals surface area (Å²) in [6, 6.07) is 23.2. The minimum absolute atomic E-state index is 0.151.